The van der Waals surface area contributed by atoms with Crippen molar-refractivity contribution in [2.24, 2.45) is 0 Å². The third-order valence-electron chi connectivity index (χ3n) is 1.24. The van der Waals surface area contributed by atoms with Crippen LogP contribution in [0.4, 0.5) is 0 Å². The summed E-state index contributed by atoms with van der Waals surface area (Å²) in [5.74, 6) is 0. The monoisotopic (exact) mass is 142 g/mol. The first-order valence-electron chi connectivity index (χ1n) is 2.75. The van der Waals surface area contributed by atoms with Crippen molar-refractivity contribution in [1.82, 2.24) is 4.98 Å². The van der Waals surface area contributed by atoms with Crippen molar-refractivity contribution in [1.29, 1.82) is 0 Å². The Hall–Kier alpha value is -0.293. The van der Waals surface area contributed by atoms with Gasteiger partial charge in [0.25, 0.3) is 0 Å². The fourth-order valence-electron chi connectivity index (χ4n) is 0.803. The van der Waals surface area contributed by atoms with E-state index >= 15 is 0 Å². The van der Waals surface area contributed by atoms with Crippen LogP contribution >= 0.6 is 11.3 Å². The standard InChI is InChI=1S/C7H5NS.Li/c1-2-4-7-6(3-1)8-5-9-7;/h1-5H;. The van der Waals surface area contributed by atoms with E-state index in [-0.39, 0.29) is 18.9 Å². The summed E-state index contributed by atoms with van der Waals surface area (Å²) in [6.07, 6.45) is 0. The van der Waals surface area contributed by atoms with Crippen molar-refractivity contribution in [2.45, 2.75) is 0 Å². The SMILES string of the molecule is [Li].c1ccc2scnc2c1. The number of para-hydroxylation sites is 1. The number of nitrogens with zero attached hydrogens (tertiary/aromatic N) is 1. The average molecular weight is 142 g/mol. The van der Waals surface area contributed by atoms with E-state index in [1.54, 1.807) is 11.3 Å². The van der Waals surface area contributed by atoms with E-state index in [9.17, 15) is 0 Å². The van der Waals surface area contributed by atoms with Crippen molar-refractivity contribution in [3.05, 3.63) is 29.8 Å². The topological polar surface area (TPSA) is 12.9 Å². The van der Waals surface area contributed by atoms with Gasteiger partial charge in [-0.25, -0.2) is 4.98 Å². The van der Waals surface area contributed by atoms with Gasteiger partial charge in [-0.1, -0.05) is 12.1 Å². The molecule has 45 valence electrons. The van der Waals surface area contributed by atoms with Gasteiger partial charge < -0.3 is 0 Å². The Bertz CT molecular complexity index is 288. The molecule has 0 aliphatic carbocycles. The summed E-state index contributed by atoms with van der Waals surface area (Å²) in [7, 11) is 0. The molecule has 1 aromatic heterocycles. The molecule has 0 saturated heterocycles. The molecule has 0 saturated carbocycles. The third kappa shape index (κ3) is 1.24. The Labute approximate surface area is 75.3 Å². The van der Waals surface area contributed by atoms with Crippen LogP contribution in [0.2, 0.25) is 0 Å². The normalized spacial score (nSPS) is 9.20. The van der Waals surface area contributed by atoms with Crippen LogP contribution in [0.3, 0.4) is 0 Å². The second kappa shape index (κ2) is 3.20. The van der Waals surface area contributed by atoms with Crippen LogP contribution in [-0.4, -0.2) is 23.8 Å². The molecular formula is C7H5LiNS. The molecule has 0 aliphatic heterocycles. The quantitative estimate of drug-likeness (QED) is 0.512. The Morgan fingerprint density at radius 3 is 2.80 bits per heavy atom. The molecular weight excluding hydrogens is 137 g/mol. The van der Waals surface area contributed by atoms with Gasteiger partial charge in [-0.15, -0.1) is 11.3 Å². The molecule has 0 N–H and O–H groups in total. The molecule has 1 heterocycles. The summed E-state index contributed by atoms with van der Waals surface area (Å²) in [6.45, 7) is 0. The van der Waals surface area contributed by atoms with Crippen LogP contribution in [0, 0.1) is 0 Å². The minimum atomic E-state index is 0. The molecule has 3 heteroatoms. The Morgan fingerprint density at radius 1 is 1.20 bits per heavy atom. The van der Waals surface area contributed by atoms with Gasteiger partial charge in [0.15, 0.2) is 0 Å². The molecule has 0 spiro atoms. The maximum Gasteiger partial charge on any atom is 0.0812 e. The average Bonchev–Trinajstić information content (AvgIpc) is 2.33. The molecule has 2 aromatic rings. The number of rotatable bonds is 0. The van der Waals surface area contributed by atoms with Crippen molar-refractivity contribution in [3.63, 3.8) is 0 Å². The van der Waals surface area contributed by atoms with E-state index in [2.05, 4.69) is 11.1 Å². The Balaban J connectivity index is 0.000000500. The molecule has 0 bridgehead atoms. The van der Waals surface area contributed by atoms with Crippen molar-refractivity contribution in [3.8, 4) is 0 Å². The van der Waals surface area contributed by atoms with E-state index < -0.39 is 0 Å². The summed E-state index contributed by atoms with van der Waals surface area (Å²) >= 11 is 1.68. The van der Waals surface area contributed by atoms with Crippen LogP contribution in [0.1, 0.15) is 0 Å². The van der Waals surface area contributed by atoms with Crippen LogP contribution in [-0.2, 0) is 0 Å². The van der Waals surface area contributed by atoms with Crippen molar-refractivity contribution in [2.75, 3.05) is 0 Å². The maximum atomic E-state index is 4.14. The first kappa shape index (κ1) is 7.81. The Kier molecular flexibility index (Phi) is 2.50. The zero-order valence-corrected chi connectivity index (χ0v) is 6.56. The van der Waals surface area contributed by atoms with Gasteiger partial charge in [-0.2, -0.15) is 0 Å². The molecule has 10 heavy (non-hydrogen) atoms. The van der Waals surface area contributed by atoms with Crippen LogP contribution in [0.15, 0.2) is 29.8 Å². The molecule has 1 radical (unpaired) electrons. The molecule has 0 unspecified atom stereocenters. The molecule has 2 rings (SSSR count). The summed E-state index contributed by atoms with van der Waals surface area (Å²) in [5.41, 5.74) is 2.97. The number of aromatic nitrogens is 1. The predicted octanol–water partition coefficient (Wildman–Crippen LogP) is 1.92. The zero-order chi connectivity index (χ0) is 6.10. The Morgan fingerprint density at radius 2 is 2.00 bits per heavy atom. The van der Waals surface area contributed by atoms with Gasteiger partial charge >= 0.3 is 0 Å². The molecule has 0 fully saturated rings. The second-order valence-corrected chi connectivity index (χ2v) is 2.71. The van der Waals surface area contributed by atoms with Crippen molar-refractivity contribution >= 4 is 40.4 Å². The van der Waals surface area contributed by atoms with Gasteiger partial charge in [0.05, 0.1) is 15.7 Å². The van der Waals surface area contributed by atoms with Crippen molar-refractivity contribution < 1.29 is 0 Å². The molecule has 0 amide bonds. The largest absolute Gasteiger partial charge is 0.245 e. The van der Waals surface area contributed by atoms with E-state index in [0.717, 1.165) is 5.52 Å². The zero-order valence-electron chi connectivity index (χ0n) is 5.74. The molecule has 1 aromatic carbocycles. The minimum absolute atomic E-state index is 0. The first-order valence-corrected chi connectivity index (χ1v) is 3.63. The predicted molar refractivity (Wildman–Crippen MR) is 45.4 cm³/mol. The summed E-state index contributed by atoms with van der Waals surface area (Å²) in [4.78, 5) is 4.14. The van der Waals surface area contributed by atoms with Gasteiger partial charge in [0.1, 0.15) is 0 Å². The maximum absolute atomic E-state index is 4.14. The smallest absolute Gasteiger partial charge is 0.0812 e. The number of thiazole rings is 1. The number of fused-ring (bicyclic) bond motifs is 1. The number of benzene rings is 1. The molecule has 1 nitrogen and oxygen atoms in total. The van der Waals surface area contributed by atoms with Crippen LogP contribution < -0.4 is 0 Å². The minimum Gasteiger partial charge on any atom is -0.245 e. The van der Waals surface area contributed by atoms with E-state index in [4.69, 9.17) is 0 Å². The fraction of sp³-hybridized carbons (Fsp3) is 0. The number of hydrogen-bond acceptors (Lipinski definition) is 2. The van der Waals surface area contributed by atoms with Crippen LogP contribution in [0.25, 0.3) is 10.2 Å². The van der Waals surface area contributed by atoms with Gasteiger partial charge in [-0.3, -0.25) is 0 Å². The summed E-state index contributed by atoms with van der Waals surface area (Å²) < 4.78 is 1.26. The fourth-order valence-corrected chi connectivity index (χ4v) is 1.48. The van der Waals surface area contributed by atoms with E-state index in [0.29, 0.717) is 0 Å². The molecule has 0 aliphatic rings. The molecule has 0 atom stereocenters. The van der Waals surface area contributed by atoms with Gasteiger partial charge in [0.2, 0.25) is 0 Å². The first-order chi connectivity index (χ1) is 4.47. The second-order valence-electron chi connectivity index (χ2n) is 1.82. The number of hydrogen-bond donors (Lipinski definition) is 0. The summed E-state index contributed by atoms with van der Waals surface area (Å²) in [5, 5.41) is 0. The van der Waals surface area contributed by atoms with Gasteiger partial charge in [-0.05, 0) is 12.1 Å². The van der Waals surface area contributed by atoms with E-state index in [1.807, 2.05) is 23.7 Å². The summed E-state index contributed by atoms with van der Waals surface area (Å²) in [6, 6.07) is 8.13. The van der Waals surface area contributed by atoms with Crippen LogP contribution in [0.5, 0.6) is 0 Å². The van der Waals surface area contributed by atoms with Gasteiger partial charge in [0, 0.05) is 18.9 Å². The third-order valence-corrected chi connectivity index (χ3v) is 2.05. The van der Waals surface area contributed by atoms with E-state index in [1.165, 1.54) is 4.70 Å².